The van der Waals surface area contributed by atoms with Crippen LogP contribution >= 0.6 is 0 Å². The number of nitrogens with zero attached hydrogens (tertiary/aromatic N) is 1. The van der Waals surface area contributed by atoms with Crippen LogP contribution in [0.25, 0.3) is 11.0 Å². The molecule has 6 heteroatoms. The molecule has 2 rings (SSSR count). The second-order valence-corrected chi connectivity index (χ2v) is 3.42. The Morgan fingerprint density at radius 1 is 1.31 bits per heavy atom. The maximum Gasteiger partial charge on any atom is 0.323 e. The summed E-state index contributed by atoms with van der Waals surface area (Å²) in [6, 6.07) is 5.04. The van der Waals surface area contributed by atoms with E-state index in [1.165, 1.54) is 4.90 Å². The van der Waals surface area contributed by atoms with Crippen molar-refractivity contribution in [2.24, 2.45) is 0 Å². The van der Waals surface area contributed by atoms with Gasteiger partial charge in [-0.05, 0) is 18.2 Å². The second kappa shape index (κ2) is 3.73. The maximum absolute atomic E-state index is 11.4. The van der Waals surface area contributed by atoms with Gasteiger partial charge in [0, 0.05) is 19.8 Å². The van der Waals surface area contributed by atoms with Crippen molar-refractivity contribution >= 4 is 22.8 Å². The van der Waals surface area contributed by atoms with Crippen molar-refractivity contribution in [3.8, 4) is 0 Å². The summed E-state index contributed by atoms with van der Waals surface area (Å²) in [5.74, 6) is 0. The first-order valence-electron chi connectivity index (χ1n) is 4.79. The number of anilines is 1. The van der Waals surface area contributed by atoms with E-state index in [4.69, 9.17) is 0 Å². The molecule has 0 aliphatic heterocycles. The number of imidazole rings is 1. The molecule has 2 aromatic rings. The number of benzene rings is 1. The highest BCUT2D eigenvalue weighted by molar-refractivity contribution is 5.93. The molecular formula is C10H12N4O2. The number of hydrogen-bond acceptors (Lipinski definition) is 2. The first kappa shape index (κ1) is 10.3. The van der Waals surface area contributed by atoms with Gasteiger partial charge in [0.1, 0.15) is 0 Å². The number of amides is 2. The van der Waals surface area contributed by atoms with E-state index in [0.717, 1.165) is 5.52 Å². The highest BCUT2D eigenvalue weighted by atomic mass is 16.2. The van der Waals surface area contributed by atoms with Crippen molar-refractivity contribution in [2.75, 3.05) is 19.0 Å². The average Bonchev–Trinajstić information content (AvgIpc) is 2.65. The zero-order valence-electron chi connectivity index (χ0n) is 9.00. The second-order valence-electron chi connectivity index (χ2n) is 3.42. The fourth-order valence-corrected chi connectivity index (χ4v) is 1.51. The molecular weight excluding hydrogens is 208 g/mol. The van der Waals surface area contributed by atoms with E-state index >= 15 is 0 Å². The van der Waals surface area contributed by atoms with Crippen LogP contribution in [0.2, 0.25) is 0 Å². The summed E-state index contributed by atoms with van der Waals surface area (Å²) in [6.07, 6.45) is 0. The SMILES string of the molecule is CNC(=O)N(C)c1ccc2[nH]c(=O)[nH]c2c1. The Kier molecular flexibility index (Phi) is 2.40. The lowest BCUT2D eigenvalue weighted by Crippen LogP contribution is -2.34. The van der Waals surface area contributed by atoms with E-state index in [2.05, 4.69) is 15.3 Å². The molecule has 1 heterocycles. The molecule has 0 radical (unpaired) electrons. The molecule has 1 aromatic heterocycles. The van der Waals surface area contributed by atoms with Crippen molar-refractivity contribution in [3.05, 3.63) is 28.7 Å². The Balaban J connectivity index is 2.46. The number of aromatic amines is 2. The third-order valence-corrected chi connectivity index (χ3v) is 2.41. The summed E-state index contributed by atoms with van der Waals surface area (Å²) >= 11 is 0. The van der Waals surface area contributed by atoms with Crippen molar-refractivity contribution in [3.63, 3.8) is 0 Å². The Hall–Kier alpha value is -2.24. The fourth-order valence-electron chi connectivity index (χ4n) is 1.51. The van der Waals surface area contributed by atoms with E-state index in [1.54, 1.807) is 32.3 Å². The largest absolute Gasteiger partial charge is 0.341 e. The Bertz CT molecular complexity index is 584. The molecule has 0 saturated heterocycles. The summed E-state index contributed by atoms with van der Waals surface area (Å²) in [4.78, 5) is 29.2. The molecule has 0 spiro atoms. The molecule has 0 saturated carbocycles. The highest BCUT2D eigenvalue weighted by Gasteiger charge is 2.09. The van der Waals surface area contributed by atoms with Gasteiger partial charge in [-0.1, -0.05) is 0 Å². The third-order valence-electron chi connectivity index (χ3n) is 2.41. The van der Waals surface area contributed by atoms with Gasteiger partial charge in [0.2, 0.25) is 0 Å². The van der Waals surface area contributed by atoms with Crippen LogP contribution in [0.4, 0.5) is 10.5 Å². The predicted octanol–water partition coefficient (Wildman–Crippen LogP) is 0.632. The Morgan fingerprint density at radius 3 is 2.69 bits per heavy atom. The van der Waals surface area contributed by atoms with Gasteiger partial charge in [-0.25, -0.2) is 9.59 Å². The van der Waals surface area contributed by atoms with Crippen LogP contribution in [0.5, 0.6) is 0 Å². The van der Waals surface area contributed by atoms with Crippen LogP contribution in [0, 0.1) is 0 Å². The summed E-state index contributed by atoms with van der Waals surface area (Å²) in [7, 11) is 3.22. The van der Waals surface area contributed by atoms with E-state index in [9.17, 15) is 9.59 Å². The molecule has 84 valence electrons. The van der Waals surface area contributed by atoms with Crippen LogP contribution in [0.3, 0.4) is 0 Å². The van der Waals surface area contributed by atoms with E-state index in [0.29, 0.717) is 11.2 Å². The fraction of sp³-hybridized carbons (Fsp3) is 0.200. The average molecular weight is 220 g/mol. The molecule has 0 aliphatic carbocycles. The summed E-state index contributed by atoms with van der Waals surface area (Å²) < 4.78 is 0. The standard InChI is InChI=1S/C10H12N4O2/c1-11-10(16)14(2)6-3-4-7-8(5-6)13-9(15)12-7/h3-5H,1-2H3,(H,11,16)(H2,12,13,15). The molecule has 1 aromatic carbocycles. The molecule has 0 atom stereocenters. The minimum atomic E-state index is -0.255. The van der Waals surface area contributed by atoms with Gasteiger partial charge < -0.3 is 15.3 Å². The molecule has 0 fully saturated rings. The number of carbonyl (C=O) groups excluding carboxylic acids is 1. The predicted molar refractivity (Wildman–Crippen MR) is 61.8 cm³/mol. The van der Waals surface area contributed by atoms with Gasteiger partial charge in [0.15, 0.2) is 0 Å². The lowest BCUT2D eigenvalue weighted by molar-refractivity contribution is 0.249. The first-order chi connectivity index (χ1) is 7.61. The number of aromatic nitrogens is 2. The van der Waals surface area contributed by atoms with Gasteiger partial charge in [-0.3, -0.25) is 4.90 Å². The van der Waals surface area contributed by atoms with E-state index in [-0.39, 0.29) is 11.7 Å². The van der Waals surface area contributed by atoms with Crippen LogP contribution < -0.4 is 15.9 Å². The number of H-pyrrole nitrogens is 2. The monoisotopic (exact) mass is 220 g/mol. The van der Waals surface area contributed by atoms with E-state index in [1.807, 2.05) is 0 Å². The van der Waals surface area contributed by atoms with Gasteiger partial charge >= 0.3 is 11.7 Å². The van der Waals surface area contributed by atoms with Gasteiger partial charge in [-0.2, -0.15) is 0 Å². The quantitative estimate of drug-likeness (QED) is 0.659. The molecule has 0 aliphatic rings. The molecule has 3 N–H and O–H groups in total. The van der Waals surface area contributed by atoms with E-state index < -0.39 is 0 Å². The van der Waals surface area contributed by atoms with Crippen LogP contribution in [-0.4, -0.2) is 30.1 Å². The van der Waals surface area contributed by atoms with Crippen molar-refractivity contribution in [2.45, 2.75) is 0 Å². The minimum Gasteiger partial charge on any atom is -0.341 e. The van der Waals surface area contributed by atoms with Gasteiger partial charge in [0.05, 0.1) is 11.0 Å². The van der Waals surface area contributed by atoms with Gasteiger partial charge in [0.25, 0.3) is 0 Å². The lowest BCUT2D eigenvalue weighted by Gasteiger charge is -2.16. The maximum atomic E-state index is 11.4. The zero-order valence-corrected chi connectivity index (χ0v) is 9.00. The number of nitrogens with one attached hydrogen (secondary N) is 3. The first-order valence-corrected chi connectivity index (χ1v) is 4.79. The Morgan fingerprint density at radius 2 is 2.00 bits per heavy atom. The van der Waals surface area contributed by atoms with Crippen molar-refractivity contribution in [1.82, 2.24) is 15.3 Å². The molecule has 2 amide bonds. The topological polar surface area (TPSA) is 81.0 Å². The zero-order chi connectivity index (χ0) is 11.7. The van der Waals surface area contributed by atoms with Crippen molar-refractivity contribution in [1.29, 1.82) is 0 Å². The lowest BCUT2D eigenvalue weighted by atomic mass is 10.2. The summed E-state index contributed by atoms with van der Waals surface area (Å²) in [6.45, 7) is 0. The van der Waals surface area contributed by atoms with Crippen LogP contribution in [0.15, 0.2) is 23.0 Å². The normalized spacial score (nSPS) is 10.4. The molecule has 16 heavy (non-hydrogen) atoms. The molecule has 6 nitrogen and oxygen atoms in total. The Labute approximate surface area is 91.3 Å². The molecule has 0 bridgehead atoms. The third kappa shape index (κ3) is 1.65. The number of hydrogen-bond donors (Lipinski definition) is 3. The summed E-state index contributed by atoms with van der Waals surface area (Å²) in [5.41, 5.74) is 1.86. The highest BCUT2D eigenvalue weighted by Crippen LogP contribution is 2.17. The number of carbonyl (C=O) groups is 1. The van der Waals surface area contributed by atoms with Crippen LogP contribution in [-0.2, 0) is 0 Å². The number of rotatable bonds is 1. The number of urea groups is 1. The van der Waals surface area contributed by atoms with Crippen LogP contribution in [0.1, 0.15) is 0 Å². The molecule has 0 unspecified atom stereocenters. The summed E-state index contributed by atoms with van der Waals surface area (Å²) in [5, 5.41) is 2.52. The smallest absolute Gasteiger partial charge is 0.323 e. The van der Waals surface area contributed by atoms with Gasteiger partial charge in [-0.15, -0.1) is 0 Å². The number of fused-ring (bicyclic) bond motifs is 1. The van der Waals surface area contributed by atoms with Crippen molar-refractivity contribution < 1.29 is 4.79 Å². The minimum absolute atomic E-state index is 0.211.